The zero-order valence-electron chi connectivity index (χ0n) is 13.3. The number of hydrogen-bond donors (Lipinski definition) is 0. The molecule has 0 N–H and O–H groups in total. The first-order chi connectivity index (χ1) is 12.1. The molecule has 0 unspecified atom stereocenters. The number of hydrogen-bond acceptors (Lipinski definition) is 3. The van der Waals surface area contributed by atoms with Crippen LogP contribution in [0.25, 0.3) is 11.1 Å². The van der Waals surface area contributed by atoms with Crippen molar-refractivity contribution >= 4 is 41.0 Å². The SMILES string of the molecule is CO/N=C/COc1cc(-c2c(Cl)c(C(F)(F)F)n(C)c2Cl)c(F)cc1Cl. The van der Waals surface area contributed by atoms with Crippen molar-refractivity contribution in [2.75, 3.05) is 13.7 Å². The quantitative estimate of drug-likeness (QED) is 0.338. The highest BCUT2D eigenvalue weighted by Crippen LogP contribution is 2.47. The Balaban J connectivity index is 2.57. The first-order valence-electron chi connectivity index (χ1n) is 6.87. The van der Waals surface area contributed by atoms with Crippen LogP contribution in [0.3, 0.4) is 0 Å². The van der Waals surface area contributed by atoms with Crippen molar-refractivity contribution in [3.05, 3.63) is 38.8 Å². The van der Waals surface area contributed by atoms with Crippen molar-refractivity contribution in [1.82, 2.24) is 4.57 Å². The molecule has 0 spiro atoms. The van der Waals surface area contributed by atoms with Gasteiger partial charge >= 0.3 is 6.18 Å². The van der Waals surface area contributed by atoms with Gasteiger partial charge in [-0.05, 0) is 12.1 Å². The predicted molar refractivity (Wildman–Crippen MR) is 91.8 cm³/mol. The van der Waals surface area contributed by atoms with Crippen molar-refractivity contribution in [3.63, 3.8) is 0 Å². The van der Waals surface area contributed by atoms with Crippen LogP contribution in [0.15, 0.2) is 17.3 Å². The molecule has 11 heteroatoms. The second-order valence-corrected chi connectivity index (χ2v) is 6.07. The van der Waals surface area contributed by atoms with E-state index in [4.69, 9.17) is 39.5 Å². The van der Waals surface area contributed by atoms with Gasteiger partial charge in [-0.15, -0.1) is 0 Å². The van der Waals surface area contributed by atoms with E-state index >= 15 is 0 Å². The Morgan fingerprint density at radius 2 is 1.88 bits per heavy atom. The van der Waals surface area contributed by atoms with Crippen molar-refractivity contribution in [3.8, 4) is 16.9 Å². The highest BCUT2D eigenvalue weighted by atomic mass is 35.5. The van der Waals surface area contributed by atoms with Crippen LogP contribution < -0.4 is 4.74 Å². The fraction of sp³-hybridized carbons (Fsp3) is 0.267. The Bertz CT molecular complexity index is 851. The minimum Gasteiger partial charge on any atom is -0.486 e. The number of rotatable bonds is 5. The minimum absolute atomic E-state index is 0.00941. The molecule has 4 nitrogen and oxygen atoms in total. The summed E-state index contributed by atoms with van der Waals surface area (Å²) in [5.41, 5.74) is -1.79. The van der Waals surface area contributed by atoms with E-state index in [1.54, 1.807) is 0 Å². The second-order valence-electron chi connectivity index (χ2n) is 4.93. The maximum atomic E-state index is 14.4. The van der Waals surface area contributed by atoms with E-state index in [0.717, 1.165) is 19.2 Å². The summed E-state index contributed by atoms with van der Waals surface area (Å²) in [7, 11) is 2.41. The van der Waals surface area contributed by atoms with Crippen molar-refractivity contribution in [2.45, 2.75) is 6.18 Å². The normalized spacial score (nSPS) is 12.0. The lowest BCUT2D eigenvalue weighted by Crippen LogP contribution is -2.11. The van der Waals surface area contributed by atoms with Crippen LogP contribution in [0.1, 0.15) is 5.69 Å². The summed E-state index contributed by atoms with van der Waals surface area (Å²) in [6.45, 7) is -0.0668. The smallest absolute Gasteiger partial charge is 0.432 e. The lowest BCUT2D eigenvalue weighted by atomic mass is 10.1. The monoisotopic (exact) mass is 432 g/mol. The molecule has 0 aliphatic carbocycles. The van der Waals surface area contributed by atoms with E-state index in [-0.39, 0.29) is 33.7 Å². The minimum atomic E-state index is -4.77. The number of nitrogens with zero attached hydrogens (tertiary/aromatic N) is 2. The first kappa shape index (κ1) is 20.7. The molecule has 0 amide bonds. The van der Waals surface area contributed by atoms with E-state index < -0.39 is 22.7 Å². The zero-order chi connectivity index (χ0) is 19.6. The summed E-state index contributed by atoms with van der Waals surface area (Å²) in [5, 5.41) is 2.26. The Labute approximate surface area is 160 Å². The molecule has 0 fully saturated rings. The molecule has 0 atom stereocenters. The van der Waals surface area contributed by atoms with Gasteiger partial charge in [-0.1, -0.05) is 40.0 Å². The molecule has 1 aromatic heterocycles. The summed E-state index contributed by atoms with van der Waals surface area (Å²) in [6, 6.07) is 2.01. The van der Waals surface area contributed by atoms with Gasteiger partial charge in [0.25, 0.3) is 0 Å². The third-order valence-electron chi connectivity index (χ3n) is 3.32. The number of oxime groups is 1. The van der Waals surface area contributed by atoms with Gasteiger partial charge in [-0.25, -0.2) is 4.39 Å². The molecule has 0 aliphatic heterocycles. The molecule has 1 aromatic carbocycles. The van der Waals surface area contributed by atoms with E-state index in [9.17, 15) is 17.6 Å². The van der Waals surface area contributed by atoms with Crippen LogP contribution in [0.5, 0.6) is 5.75 Å². The van der Waals surface area contributed by atoms with Gasteiger partial charge in [0.1, 0.15) is 36.1 Å². The highest BCUT2D eigenvalue weighted by Gasteiger charge is 2.40. The lowest BCUT2D eigenvalue weighted by Gasteiger charge is -2.10. The van der Waals surface area contributed by atoms with Gasteiger partial charge in [0.05, 0.1) is 16.3 Å². The van der Waals surface area contributed by atoms with Crippen LogP contribution in [-0.2, 0) is 18.1 Å². The van der Waals surface area contributed by atoms with Crippen LogP contribution in [0.2, 0.25) is 15.2 Å². The van der Waals surface area contributed by atoms with Crippen molar-refractivity contribution in [2.24, 2.45) is 12.2 Å². The van der Waals surface area contributed by atoms with Gasteiger partial charge in [0.2, 0.25) is 0 Å². The molecule has 0 bridgehead atoms. The molecular weight excluding hydrogens is 423 g/mol. The summed E-state index contributed by atoms with van der Waals surface area (Å²) in [6.07, 6.45) is -3.50. The van der Waals surface area contributed by atoms with Gasteiger partial charge in [-0.3, -0.25) is 0 Å². The third-order valence-corrected chi connectivity index (χ3v) is 4.42. The van der Waals surface area contributed by atoms with Crippen molar-refractivity contribution in [1.29, 1.82) is 0 Å². The first-order valence-corrected chi connectivity index (χ1v) is 8.01. The Morgan fingerprint density at radius 3 is 2.42 bits per heavy atom. The second kappa shape index (κ2) is 7.94. The fourth-order valence-corrected chi connectivity index (χ4v) is 3.19. The third kappa shape index (κ3) is 4.02. The predicted octanol–water partition coefficient (Wildman–Crippen LogP) is 5.82. The van der Waals surface area contributed by atoms with Crippen LogP contribution in [0.4, 0.5) is 17.6 Å². The van der Waals surface area contributed by atoms with Gasteiger partial charge in [0.15, 0.2) is 0 Å². The van der Waals surface area contributed by atoms with Gasteiger partial charge < -0.3 is 14.1 Å². The number of halogens is 7. The van der Waals surface area contributed by atoms with E-state index in [1.807, 2.05) is 0 Å². The van der Waals surface area contributed by atoms with Crippen molar-refractivity contribution < 1.29 is 27.1 Å². The molecule has 0 saturated heterocycles. The maximum absolute atomic E-state index is 14.4. The number of ether oxygens (including phenoxy) is 1. The standard InChI is InChI=1S/C15H11Cl3F4N2O2/c1-24-13(15(20,21)22)12(17)11(14(24)18)7-5-10(8(16)6-9(7)19)26-4-3-23-25-2/h3,5-6H,4H2,1-2H3/b23-3+. The van der Waals surface area contributed by atoms with E-state index in [1.165, 1.54) is 13.3 Å². The summed E-state index contributed by atoms with van der Waals surface area (Å²) >= 11 is 17.7. The molecule has 0 radical (unpaired) electrons. The molecular formula is C15H11Cl3F4N2O2. The Morgan fingerprint density at radius 1 is 1.23 bits per heavy atom. The fourth-order valence-electron chi connectivity index (χ4n) is 2.23. The lowest BCUT2D eigenvalue weighted by molar-refractivity contribution is -0.142. The Hall–Kier alpha value is -1.64. The average Bonchev–Trinajstić information content (AvgIpc) is 2.75. The molecule has 142 valence electrons. The van der Waals surface area contributed by atoms with Crippen LogP contribution in [-0.4, -0.2) is 24.5 Å². The topological polar surface area (TPSA) is 35.8 Å². The number of alkyl halides is 3. The summed E-state index contributed by atoms with van der Waals surface area (Å²) in [4.78, 5) is 4.45. The molecule has 0 aliphatic rings. The van der Waals surface area contributed by atoms with Gasteiger partial charge in [0, 0.05) is 18.2 Å². The zero-order valence-corrected chi connectivity index (χ0v) is 15.6. The van der Waals surface area contributed by atoms with Gasteiger partial charge in [-0.2, -0.15) is 13.2 Å². The molecule has 2 rings (SSSR count). The summed E-state index contributed by atoms with van der Waals surface area (Å²) < 4.78 is 59.8. The van der Waals surface area contributed by atoms with E-state index in [2.05, 4.69) is 9.99 Å². The largest absolute Gasteiger partial charge is 0.486 e. The summed E-state index contributed by atoms with van der Waals surface area (Å²) in [5.74, 6) is -0.897. The molecule has 2 aromatic rings. The molecule has 1 heterocycles. The molecule has 0 saturated carbocycles. The number of aromatic nitrogens is 1. The maximum Gasteiger partial charge on any atom is 0.432 e. The average molecular weight is 434 g/mol. The Kier molecular flexibility index (Phi) is 6.31. The number of benzene rings is 1. The van der Waals surface area contributed by atoms with Crippen LogP contribution >= 0.6 is 34.8 Å². The van der Waals surface area contributed by atoms with Crippen LogP contribution in [0, 0.1) is 5.82 Å². The highest BCUT2D eigenvalue weighted by molar-refractivity contribution is 6.40. The molecule has 26 heavy (non-hydrogen) atoms. The van der Waals surface area contributed by atoms with E-state index in [0.29, 0.717) is 4.57 Å².